The number of rotatable bonds is 3. The van der Waals surface area contributed by atoms with Crippen LogP contribution in [-0.2, 0) is 20.7 Å². The van der Waals surface area contributed by atoms with Gasteiger partial charge >= 0.3 is 12.2 Å². The van der Waals surface area contributed by atoms with E-state index in [0.717, 1.165) is 24.1 Å². The quantitative estimate of drug-likeness (QED) is 0.864. The van der Waals surface area contributed by atoms with Gasteiger partial charge in [-0.1, -0.05) is 0 Å². The first-order chi connectivity index (χ1) is 12.6. The van der Waals surface area contributed by atoms with E-state index < -0.39 is 18.3 Å². The van der Waals surface area contributed by atoms with Gasteiger partial charge in [-0.05, 0) is 24.5 Å². The Kier molecular flexibility index (Phi) is 4.06. The van der Waals surface area contributed by atoms with Gasteiger partial charge in [0.15, 0.2) is 6.61 Å². The van der Waals surface area contributed by atoms with E-state index in [1.54, 1.807) is 11.0 Å². The van der Waals surface area contributed by atoms with Crippen molar-refractivity contribution in [1.82, 2.24) is 5.32 Å². The maximum Gasteiger partial charge on any atom is 0.414 e. The fourth-order valence-electron chi connectivity index (χ4n) is 3.53. The Morgan fingerprint density at radius 3 is 3.00 bits per heavy atom. The van der Waals surface area contributed by atoms with Gasteiger partial charge in [-0.3, -0.25) is 9.69 Å². The van der Waals surface area contributed by atoms with Crippen LogP contribution in [0.5, 0.6) is 5.75 Å². The summed E-state index contributed by atoms with van der Waals surface area (Å²) < 4.78 is 15.4. The molecule has 3 heterocycles. The van der Waals surface area contributed by atoms with Crippen LogP contribution >= 0.6 is 0 Å². The van der Waals surface area contributed by atoms with E-state index in [4.69, 9.17) is 9.47 Å². The summed E-state index contributed by atoms with van der Waals surface area (Å²) in [5, 5.41) is 2.53. The molecule has 26 heavy (non-hydrogen) atoms. The lowest BCUT2D eigenvalue weighted by molar-refractivity contribution is -0.121. The molecular formula is C17H19N3O6. The lowest BCUT2D eigenvalue weighted by atomic mass is 9.98. The fourth-order valence-corrected chi connectivity index (χ4v) is 3.53. The summed E-state index contributed by atoms with van der Waals surface area (Å²) in [6.45, 7) is 1.18. The number of nitrogens with one attached hydrogen (secondary N) is 1. The summed E-state index contributed by atoms with van der Waals surface area (Å²) in [6.07, 6.45) is 0.175. The highest BCUT2D eigenvalue weighted by molar-refractivity contribution is 6.00. The van der Waals surface area contributed by atoms with E-state index in [0.29, 0.717) is 24.5 Å². The van der Waals surface area contributed by atoms with Crippen LogP contribution in [0.1, 0.15) is 12.0 Å². The average molecular weight is 361 g/mol. The molecule has 0 bridgehead atoms. The second-order valence-electron chi connectivity index (χ2n) is 6.38. The molecule has 9 nitrogen and oxygen atoms in total. The third-order valence-corrected chi connectivity index (χ3v) is 4.73. The zero-order chi connectivity index (χ0) is 18.3. The molecule has 138 valence electrons. The number of anilines is 2. The number of hydrogen-bond donors (Lipinski definition) is 1. The summed E-state index contributed by atoms with van der Waals surface area (Å²) in [5.41, 5.74) is 2.47. The third kappa shape index (κ3) is 2.79. The molecule has 0 saturated carbocycles. The van der Waals surface area contributed by atoms with Gasteiger partial charge in [0, 0.05) is 12.6 Å². The van der Waals surface area contributed by atoms with E-state index in [2.05, 4.69) is 10.1 Å². The summed E-state index contributed by atoms with van der Waals surface area (Å²) in [6, 6.07) is 3.67. The van der Waals surface area contributed by atoms with E-state index in [1.165, 1.54) is 12.0 Å². The lowest BCUT2D eigenvalue weighted by Gasteiger charge is -2.35. The number of methoxy groups -OCH3 is 1. The predicted molar refractivity (Wildman–Crippen MR) is 90.6 cm³/mol. The van der Waals surface area contributed by atoms with Crippen LogP contribution in [0.2, 0.25) is 0 Å². The maximum atomic E-state index is 12.3. The highest BCUT2D eigenvalue weighted by atomic mass is 16.6. The van der Waals surface area contributed by atoms with Crippen LogP contribution in [0.15, 0.2) is 12.1 Å². The summed E-state index contributed by atoms with van der Waals surface area (Å²) in [4.78, 5) is 38.7. The highest BCUT2D eigenvalue weighted by Crippen LogP contribution is 2.42. The molecular weight excluding hydrogens is 342 g/mol. The minimum absolute atomic E-state index is 0.00597. The Bertz CT molecular complexity index is 763. The van der Waals surface area contributed by atoms with Crippen molar-refractivity contribution < 1.29 is 28.6 Å². The molecule has 1 N–H and O–H groups in total. The molecule has 1 atom stereocenters. The molecule has 0 radical (unpaired) electrons. The lowest BCUT2D eigenvalue weighted by Crippen LogP contribution is -2.42. The molecule has 1 fully saturated rings. The summed E-state index contributed by atoms with van der Waals surface area (Å²) in [5.74, 6) is 0.571. The Labute approximate surface area is 149 Å². The molecule has 3 aliphatic rings. The minimum Gasteiger partial charge on any atom is -0.481 e. The number of amides is 3. The van der Waals surface area contributed by atoms with Crippen molar-refractivity contribution in [2.24, 2.45) is 0 Å². The van der Waals surface area contributed by atoms with Crippen molar-refractivity contribution in [2.45, 2.75) is 18.9 Å². The smallest absolute Gasteiger partial charge is 0.414 e. The normalized spacial score (nSPS) is 21.0. The number of nitrogens with zero attached hydrogens (tertiary/aromatic N) is 2. The number of carbonyl (C=O) groups is 3. The van der Waals surface area contributed by atoms with Crippen molar-refractivity contribution in [1.29, 1.82) is 0 Å². The van der Waals surface area contributed by atoms with Gasteiger partial charge in [-0.2, -0.15) is 0 Å². The third-order valence-electron chi connectivity index (χ3n) is 4.73. The zero-order valence-corrected chi connectivity index (χ0v) is 14.3. The molecule has 0 spiro atoms. The largest absolute Gasteiger partial charge is 0.481 e. The van der Waals surface area contributed by atoms with Crippen molar-refractivity contribution in [3.63, 3.8) is 0 Å². The number of carbonyl (C=O) groups excluding carboxylic acids is 3. The van der Waals surface area contributed by atoms with E-state index in [1.807, 2.05) is 6.07 Å². The first-order valence-corrected chi connectivity index (χ1v) is 8.47. The average Bonchev–Trinajstić information content (AvgIpc) is 3.03. The molecule has 0 unspecified atom stereocenters. The van der Waals surface area contributed by atoms with Gasteiger partial charge in [0.2, 0.25) is 0 Å². The molecule has 1 aromatic rings. The highest BCUT2D eigenvalue weighted by Gasteiger charge is 2.36. The minimum atomic E-state index is -0.573. The Morgan fingerprint density at radius 1 is 1.35 bits per heavy atom. The van der Waals surface area contributed by atoms with Crippen LogP contribution in [0.3, 0.4) is 0 Å². The number of cyclic esters (lactones) is 1. The molecule has 3 amide bonds. The van der Waals surface area contributed by atoms with Crippen LogP contribution in [0.4, 0.5) is 21.0 Å². The molecule has 1 saturated heterocycles. The van der Waals surface area contributed by atoms with Gasteiger partial charge in [-0.25, -0.2) is 9.59 Å². The summed E-state index contributed by atoms with van der Waals surface area (Å²) in [7, 11) is 1.27. The monoisotopic (exact) mass is 361 g/mol. The first kappa shape index (κ1) is 16.5. The molecule has 0 aliphatic carbocycles. The topological polar surface area (TPSA) is 97.4 Å². The van der Waals surface area contributed by atoms with Gasteiger partial charge in [0.05, 0.1) is 31.6 Å². The van der Waals surface area contributed by atoms with Crippen LogP contribution in [0.25, 0.3) is 0 Å². The fraction of sp³-hybridized carbons (Fsp3) is 0.471. The number of hydrogen-bond acceptors (Lipinski definition) is 6. The van der Waals surface area contributed by atoms with Crippen LogP contribution in [-0.4, -0.2) is 57.5 Å². The van der Waals surface area contributed by atoms with Gasteiger partial charge < -0.3 is 24.4 Å². The van der Waals surface area contributed by atoms with E-state index in [-0.39, 0.29) is 19.1 Å². The van der Waals surface area contributed by atoms with Crippen molar-refractivity contribution in [3.8, 4) is 5.75 Å². The van der Waals surface area contributed by atoms with Crippen molar-refractivity contribution in [3.05, 3.63) is 17.7 Å². The van der Waals surface area contributed by atoms with Gasteiger partial charge in [0.1, 0.15) is 11.9 Å². The molecule has 9 heteroatoms. The Hall–Kier alpha value is -2.97. The van der Waals surface area contributed by atoms with Crippen molar-refractivity contribution in [2.75, 3.05) is 43.2 Å². The van der Waals surface area contributed by atoms with Crippen LogP contribution < -0.4 is 19.9 Å². The number of ether oxygens (including phenoxy) is 3. The summed E-state index contributed by atoms with van der Waals surface area (Å²) >= 11 is 0. The second kappa shape index (κ2) is 6.40. The number of benzene rings is 1. The van der Waals surface area contributed by atoms with Gasteiger partial charge in [-0.15, -0.1) is 0 Å². The molecule has 4 rings (SSSR count). The predicted octanol–water partition coefficient (Wildman–Crippen LogP) is 1.04. The zero-order valence-electron chi connectivity index (χ0n) is 14.3. The second-order valence-corrected chi connectivity index (χ2v) is 6.38. The first-order valence-electron chi connectivity index (χ1n) is 8.47. The SMILES string of the molecule is COC(=O)NC[C@H]1CN(c2cc3c4c(c2)OCC(=O)N4CCC3)C(=O)O1. The molecule has 0 aromatic heterocycles. The van der Waals surface area contributed by atoms with E-state index in [9.17, 15) is 14.4 Å². The molecule has 1 aromatic carbocycles. The number of alkyl carbamates (subject to hydrolysis) is 1. The van der Waals surface area contributed by atoms with Crippen molar-refractivity contribution >= 4 is 29.5 Å². The van der Waals surface area contributed by atoms with Crippen LogP contribution in [0, 0.1) is 0 Å². The van der Waals surface area contributed by atoms with E-state index >= 15 is 0 Å². The maximum absolute atomic E-state index is 12.3. The Balaban J connectivity index is 1.56. The number of aryl methyl sites for hydroxylation is 1. The standard InChI is InChI=1S/C17H19N3O6/c1-24-16(22)18-7-12-8-20(17(23)26-12)11-5-10-3-2-4-19-14(21)9-25-13(6-11)15(10)19/h5-6,12H,2-4,7-9H2,1H3,(H,18,22)/t12-/m0/s1. The molecule has 3 aliphatic heterocycles. The van der Waals surface area contributed by atoms with Gasteiger partial charge in [0.25, 0.3) is 5.91 Å². The Morgan fingerprint density at radius 2 is 2.19 bits per heavy atom.